The van der Waals surface area contributed by atoms with Crippen LogP contribution in [0.25, 0.3) is 16.5 Å². The maximum Gasteiger partial charge on any atom is 0.516 e. The zero-order valence-corrected chi connectivity index (χ0v) is 22.5. The number of rotatable bonds is 8. The Morgan fingerprint density at radius 2 is 1.63 bits per heavy atom. The summed E-state index contributed by atoms with van der Waals surface area (Å²) in [6.45, 7) is 0. The number of benzene rings is 3. The number of carboxylic acids is 1. The van der Waals surface area contributed by atoms with Gasteiger partial charge >= 0.3 is 27.2 Å². The number of anilines is 1. The molecule has 0 aliphatic rings. The minimum atomic E-state index is -6.14. The summed E-state index contributed by atoms with van der Waals surface area (Å²) < 4.78 is 93.2. The van der Waals surface area contributed by atoms with Crippen molar-refractivity contribution in [1.82, 2.24) is 14.5 Å². The average Bonchev–Trinajstić information content (AvgIpc) is 2.92. The number of nitrogens with one attached hydrogen (secondary N) is 2. The largest absolute Gasteiger partial charge is 0.516 e. The summed E-state index contributed by atoms with van der Waals surface area (Å²) in [7, 11) is -4.71. The fourth-order valence-electron chi connectivity index (χ4n) is 4.21. The van der Waals surface area contributed by atoms with E-state index >= 15 is 0 Å². The van der Waals surface area contributed by atoms with Gasteiger partial charge in [-0.05, 0) is 29.1 Å². The smallest absolute Gasteiger partial charge is 0.480 e. The van der Waals surface area contributed by atoms with Crippen LogP contribution in [0.2, 0.25) is 0 Å². The minimum absolute atomic E-state index is 0.170. The number of hydrogen-bond donors (Lipinski definition) is 3. The third-order valence-corrected chi connectivity index (χ3v) is 7.38. The van der Waals surface area contributed by atoms with Crippen molar-refractivity contribution < 1.29 is 45.1 Å². The lowest BCUT2D eigenvalue weighted by atomic mass is 9.97. The van der Waals surface area contributed by atoms with Crippen LogP contribution in [-0.2, 0) is 28.3 Å². The van der Waals surface area contributed by atoms with Gasteiger partial charge in [-0.25, -0.2) is 22.9 Å². The molecule has 0 spiro atoms. The summed E-state index contributed by atoms with van der Waals surface area (Å²) >= 11 is 0. The van der Waals surface area contributed by atoms with E-state index in [-0.39, 0.29) is 11.3 Å². The number of aryl methyl sites for hydroxylation is 1. The second-order valence-corrected chi connectivity index (χ2v) is 10.7. The molecule has 17 heteroatoms. The molecule has 3 N–H and O–H groups in total. The molecule has 1 atom stereocenters. The number of alkyl halides is 3. The Morgan fingerprint density at radius 3 is 2.28 bits per heavy atom. The monoisotopic (exact) mass is 626 g/mol. The molecular formula is C26H19F5N4O7S. The Hall–Kier alpha value is -5.06. The average molecular weight is 627 g/mol. The van der Waals surface area contributed by atoms with Crippen LogP contribution in [0.1, 0.15) is 15.9 Å². The lowest BCUT2D eigenvalue weighted by Gasteiger charge is -2.18. The molecule has 0 aliphatic carbocycles. The Bertz CT molecular complexity index is 2010. The molecule has 1 amide bonds. The SMILES string of the molecule is Cn1ccc(=O)n(-c2cccc3c(C[C@H](NC(=O)c4c(F)ccc(NS(=O)(=O)C(F)(F)F)c4F)C(=O)O)cccc23)c1=O. The predicted molar refractivity (Wildman–Crippen MR) is 142 cm³/mol. The molecule has 0 fully saturated rings. The first-order chi connectivity index (χ1) is 20.0. The molecule has 1 heterocycles. The van der Waals surface area contributed by atoms with Crippen molar-refractivity contribution in [3.8, 4) is 5.69 Å². The molecule has 0 bridgehead atoms. The molecule has 0 radical (unpaired) electrons. The summed E-state index contributed by atoms with van der Waals surface area (Å²) in [5.41, 5.74) is -9.66. The first kappa shape index (κ1) is 30.9. The zero-order chi connectivity index (χ0) is 31.9. The van der Waals surface area contributed by atoms with Gasteiger partial charge in [0.15, 0.2) is 5.82 Å². The van der Waals surface area contributed by atoms with Crippen LogP contribution in [0.15, 0.2) is 70.4 Å². The quantitative estimate of drug-likeness (QED) is 0.254. The third-order valence-electron chi connectivity index (χ3n) is 6.28. The van der Waals surface area contributed by atoms with Crippen molar-refractivity contribution in [3.63, 3.8) is 0 Å². The van der Waals surface area contributed by atoms with Crippen LogP contribution in [0.3, 0.4) is 0 Å². The van der Waals surface area contributed by atoms with Gasteiger partial charge in [0.2, 0.25) is 0 Å². The lowest BCUT2D eigenvalue weighted by molar-refractivity contribution is -0.139. The second kappa shape index (κ2) is 11.3. The van der Waals surface area contributed by atoms with Gasteiger partial charge in [0.1, 0.15) is 17.4 Å². The Labute approximate surface area is 237 Å². The van der Waals surface area contributed by atoms with Crippen molar-refractivity contribution >= 4 is 38.4 Å². The highest BCUT2D eigenvalue weighted by Crippen LogP contribution is 2.29. The summed E-state index contributed by atoms with van der Waals surface area (Å²) in [6, 6.07) is 8.98. The number of carbonyl (C=O) groups is 2. The highest BCUT2D eigenvalue weighted by Gasteiger charge is 2.46. The number of carboxylic acid groups (broad SMARTS) is 1. The Morgan fingerprint density at radius 1 is 0.977 bits per heavy atom. The van der Waals surface area contributed by atoms with Crippen LogP contribution in [-0.4, -0.2) is 46.1 Å². The summed E-state index contributed by atoms with van der Waals surface area (Å²) in [5, 5.41) is 12.4. The number of carbonyl (C=O) groups excluding carboxylic acids is 1. The van der Waals surface area contributed by atoms with Crippen molar-refractivity contribution in [2.75, 3.05) is 4.72 Å². The number of halogens is 5. The summed E-state index contributed by atoms with van der Waals surface area (Å²) in [6.07, 6.45) is 0.789. The maximum absolute atomic E-state index is 14.9. The zero-order valence-electron chi connectivity index (χ0n) is 21.6. The van der Waals surface area contributed by atoms with Crippen molar-refractivity contribution in [3.05, 3.63) is 104 Å². The number of aliphatic carboxylic acids is 1. The minimum Gasteiger partial charge on any atom is -0.480 e. The molecule has 1 aromatic heterocycles. The van der Waals surface area contributed by atoms with Crippen LogP contribution >= 0.6 is 0 Å². The van der Waals surface area contributed by atoms with E-state index in [0.29, 0.717) is 22.9 Å². The molecule has 0 unspecified atom stereocenters. The van der Waals surface area contributed by atoms with Crippen LogP contribution in [0.5, 0.6) is 0 Å². The molecule has 43 heavy (non-hydrogen) atoms. The number of sulfonamides is 1. The highest BCUT2D eigenvalue weighted by atomic mass is 32.2. The van der Waals surface area contributed by atoms with Crippen molar-refractivity contribution in [2.24, 2.45) is 7.05 Å². The second-order valence-electron chi connectivity index (χ2n) is 9.08. The molecule has 3 aromatic carbocycles. The predicted octanol–water partition coefficient (Wildman–Crippen LogP) is 2.65. The first-order valence-electron chi connectivity index (χ1n) is 11.9. The molecule has 226 valence electrons. The molecule has 4 rings (SSSR count). The lowest BCUT2D eigenvalue weighted by Crippen LogP contribution is -2.43. The number of hydrogen-bond acceptors (Lipinski definition) is 6. The topological polar surface area (TPSA) is 157 Å². The van der Waals surface area contributed by atoms with Gasteiger partial charge in [-0.15, -0.1) is 0 Å². The Balaban J connectivity index is 1.71. The van der Waals surface area contributed by atoms with E-state index in [1.807, 2.05) is 5.32 Å². The van der Waals surface area contributed by atoms with E-state index in [2.05, 4.69) is 0 Å². The van der Waals surface area contributed by atoms with E-state index in [1.54, 1.807) is 12.1 Å². The van der Waals surface area contributed by atoms with Crippen molar-refractivity contribution in [1.29, 1.82) is 0 Å². The molecule has 0 aliphatic heterocycles. The molecule has 4 aromatic rings. The highest BCUT2D eigenvalue weighted by molar-refractivity contribution is 7.93. The molecular weight excluding hydrogens is 607 g/mol. The van der Waals surface area contributed by atoms with Crippen molar-refractivity contribution in [2.45, 2.75) is 18.0 Å². The summed E-state index contributed by atoms with van der Waals surface area (Å²) in [4.78, 5) is 50.0. The van der Waals surface area contributed by atoms with E-state index in [9.17, 15) is 54.7 Å². The van der Waals surface area contributed by atoms with Gasteiger partial charge in [0.05, 0.1) is 11.4 Å². The number of nitrogens with zero attached hydrogens (tertiary/aromatic N) is 2. The fraction of sp³-hybridized carbons (Fsp3) is 0.154. The van der Waals surface area contributed by atoms with Crippen LogP contribution in [0.4, 0.5) is 27.6 Å². The van der Waals surface area contributed by atoms with Crippen LogP contribution in [0, 0.1) is 11.6 Å². The van der Waals surface area contributed by atoms with E-state index in [4.69, 9.17) is 0 Å². The van der Waals surface area contributed by atoms with E-state index < -0.39 is 74.0 Å². The number of fused-ring (bicyclic) bond motifs is 1. The van der Waals surface area contributed by atoms with Gasteiger partial charge < -0.3 is 15.0 Å². The number of amides is 1. The third kappa shape index (κ3) is 5.97. The van der Waals surface area contributed by atoms with Crippen LogP contribution < -0.4 is 21.3 Å². The van der Waals surface area contributed by atoms with Gasteiger partial charge in [0.25, 0.3) is 11.5 Å². The molecule has 0 saturated carbocycles. The standard InChI is InChI=1S/C26H19F5N4O7S/c1-34-11-10-20(36)35(25(34)40)19-7-3-5-14-13(4-2-6-15(14)19)12-18(24(38)39)32-23(37)21-16(27)8-9-17(22(21)28)33-43(41,42)26(29,30)31/h2-11,18,33H,12H2,1H3,(H,32,37)(H,38,39)/t18-/m0/s1. The number of aromatic nitrogens is 2. The first-order valence-corrected chi connectivity index (χ1v) is 13.4. The van der Waals surface area contributed by atoms with E-state index in [1.165, 1.54) is 48.1 Å². The van der Waals surface area contributed by atoms with Gasteiger partial charge in [-0.2, -0.15) is 21.6 Å². The Kier molecular flexibility index (Phi) is 8.13. The molecule has 11 nitrogen and oxygen atoms in total. The van der Waals surface area contributed by atoms with Gasteiger partial charge in [0, 0.05) is 31.1 Å². The van der Waals surface area contributed by atoms with Gasteiger partial charge in [-0.3, -0.25) is 14.3 Å². The fourth-order valence-corrected chi connectivity index (χ4v) is 4.77. The normalized spacial score (nSPS) is 12.6. The molecule has 0 saturated heterocycles. The summed E-state index contributed by atoms with van der Waals surface area (Å²) in [5.74, 6) is -6.99. The van der Waals surface area contributed by atoms with E-state index in [0.717, 1.165) is 9.29 Å². The van der Waals surface area contributed by atoms with Gasteiger partial charge in [-0.1, -0.05) is 30.3 Å². The maximum atomic E-state index is 14.9.